The Morgan fingerprint density at radius 1 is 1.04 bits per heavy atom. The number of aliphatic hydroxyl groups is 1. The average Bonchev–Trinajstić information content (AvgIpc) is 2.61. The quantitative estimate of drug-likeness (QED) is 0.804. The van der Waals surface area contributed by atoms with Gasteiger partial charge < -0.3 is 14.6 Å². The van der Waals surface area contributed by atoms with Crippen molar-refractivity contribution in [2.45, 2.75) is 6.61 Å². The standard InChI is InChI=1S/C18H17NO4/c1-22-15-5-3-14(4-6-15)19-8-7-13-9-12(11-20)10-16(23-2)17(13)18(19)21/h3-10,20H,11H2,1-2H3. The molecule has 0 saturated heterocycles. The number of aliphatic hydroxyl groups excluding tert-OH is 1. The number of hydrogen-bond donors (Lipinski definition) is 1. The fourth-order valence-corrected chi connectivity index (χ4v) is 2.60. The van der Waals surface area contributed by atoms with Crippen LogP contribution in [0.15, 0.2) is 53.5 Å². The van der Waals surface area contributed by atoms with Gasteiger partial charge in [0, 0.05) is 11.9 Å². The fraction of sp³-hybridized carbons (Fsp3) is 0.167. The first-order valence-corrected chi connectivity index (χ1v) is 7.15. The molecule has 3 aromatic rings. The van der Waals surface area contributed by atoms with Crippen molar-refractivity contribution in [3.63, 3.8) is 0 Å². The lowest BCUT2D eigenvalue weighted by molar-refractivity contribution is 0.281. The lowest BCUT2D eigenvalue weighted by Crippen LogP contribution is -2.18. The molecule has 0 saturated carbocycles. The van der Waals surface area contributed by atoms with Gasteiger partial charge in [0.15, 0.2) is 0 Å². The van der Waals surface area contributed by atoms with Gasteiger partial charge in [0.05, 0.1) is 26.2 Å². The van der Waals surface area contributed by atoms with Crippen molar-refractivity contribution in [3.8, 4) is 17.2 Å². The molecule has 0 aliphatic heterocycles. The highest BCUT2D eigenvalue weighted by molar-refractivity contribution is 5.88. The van der Waals surface area contributed by atoms with Crippen LogP contribution in [0.2, 0.25) is 0 Å². The highest BCUT2D eigenvalue weighted by atomic mass is 16.5. The summed E-state index contributed by atoms with van der Waals surface area (Å²) in [5, 5.41) is 10.5. The zero-order chi connectivity index (χ0) is 16.4. The van der Waals surface area contributed by atoms with Crippen molar-refractivity contribution in [2.75, 3.05) is 14.2 Å². The molecule has 5 heteroatoms. The first-order valence-electron chi connectivity index (χ1n) is 7.15. The molecule has 0 aliphatic rings. The van der Waals surface area contributed by atoms with Crippen LogP contribution < -0.4 is 15.0 Å². The van der Waals surface area contributed by atoms with Gasteiger partial charge in [-0.1, -0.05) is 0 Å². The van der Waals surface area contributed by atoms with Crippen molar-refractivity contribution in [3.05, 3.63) is 64.6 Å². The molecule has 1 N–H and O–H groups in total. The van der Waals surface area contributed by atoms with Gasteiger partial charge in [-0.3, -0.25) is 9.36 Å². The van der Waals surface area contributed by atoms with E-state index >= 15 is 0 Å². The van der Waals surface area contributed by atoms with Gasteiger partial charge in [0.25, 0.3) is 5.56 Å². The zero-order valence-corrected chi connectivity index (χ0v) is 12.9. The molecule has 0 fully saturated rings. The molecule has 1 aromatic heterocycles. The van der Waals surface area contributed by atoms with E-state index in [1.54, 1.807) is 42.1 Å². The Hall–Kier alpha value is -2.79. The summed E-state index contributed by atoms with van der Waals surface area (Å²) in [4.78, 5) is 12.9. The second-order valence-electron chi connectivity index (χ2n) is 5.11. The number of nitrogens with zero attached hydrogens (tertiary/aromatic N) is 1. The summed E-state index contributed by atoms with van der Waals surface area (Å²) in [6, 6.07) is 12.6. The number of pyridine rings is 1. The molecule has 0 aliphatic carbocycles. The molecule has 0 spiro atoms. The summed E-state index contributed by atoms with van der Waals surface area (Å²) in [5.41, 5.74) is 1.27. The van der Waals surface area contributed by atoms with E-state index in [0.717, 1.165) is 16.8 Å². The van der Waals surface area contributed by atoms with E-state index in [4.69, 9.17) is 9.47 Å². The highest BCUT2D eigenvalue weighted by Gasteiger charge is 2.11. The lowest BCUT2D eigenvalue weighted by Gasteiger charge is -2.11. The molecule has 0 atom stereocenters. The number of ether oxygens (including phenoxy) is 2. The third-order valence-corrected chi connectivity index (χ3v) is 3.78. The molecule has 118 valence electrons. The molecular weight excluding hydrogens is 294 g/mol. The Balaban J connectivity index is 2.23. The van der Waals surface area contributed by atoms with Crippen LogP contribution in [0.25, 0.3) is 16.5 Å². The summed E-state index contributed by atoms with van der Waals surface area (Å²) in [5.74, 6) is 1.19. The van der Waals surface area contributed by atoms with Crippen LogP contribution in [0.1, 0.15) is 5.56 Å². The van der Waals surface area contributed by atoms with Gasteiger partial charge in [-0.25, -0.2) is 0 Å². The summed E-state index contributed by atoms with van der Waals surface area (Å²) < 4.78 is 12.0. The van der Waals surface area contributed by atoms with E-state index in [-0.39, 0.29) is 12.2 Å². The molecule has 0 amide bonds. The third-order valence-electron chi connectivity index (χ3n) is 3.78. The van der Waals surface area contributed by atoms with Crippen LogP contribution in [0.5, 0.6) is 11.5 Å². The molecule has 23 heavy (non-hydrogen) atoms. The van der Waals surface area contributed by atoms with E-state index in [9.17, 15) is 9.90 Å². The normalized spacial score (nSPS) is 10.7. The monoisotopic (exact) mass is 311 g/mol. The third kappa shape index (κ3) is 2.66. The van der Waals surface area contributed by atoms with E-state index in [0.29, 0.717) is 16.7 Å². The second-order valence-corrected chi connectivity index (χ2v) is 5.11. The molecule has 1 heterocycles. The Labute approximate surface area is 133 Å². The maximum Gasteiger partial charge on any atom is 0.266 e. The van der Waals surface area contributed by atoms with Crippen LogP contribution in [0, 0.1) is 0 Å². The Bertz CT molecular complexity index is 897. The van der Waals surface area contributed by atoms with E-state index < -0.39 is 0 Å². The predicted molar refractivity (Wildman–Crippen MR) is 88.6 cm³/mol. The summed E-state index contributed by atoms with van der Waals surface area (Å²) >= 11 is 0. The van der Waals surface area contributed by atoms with Gasteiger partial charge in [0.2, 0.25) is 0 Å². The topological polar surface area (TPSA) is 60.7 Å². The average molecular weight is 311 g/mol. The number of aromatic nitrogens is 1. The van der Waals surface area contributed by atoms with E-state index in [1.807, 2.05) is 18.2 Å². The van der Waals surface area contributed by atoms with Crippen molar-refractivity contribution >= 4 is 10.8 Å². The molecule has 0 radical (unpaired) electrons. The second kappa shape index (κ2) is 6.14. The van der Waals surface area contributed by atoms with Crippen molar-refractivity contribution in [1.82, 2.24) is 4.57 Å². The molecule has 2 aromatic carbocycles. The predicted octanol–water partition coefficient (Wildman–Crippen LogP) is 2.50. The molecule has 0 unspecified atom stereocenters. The fourth-order valence-electron chi connectivity index (χ4n) is 2.60. The van der Waals surface area contributed by atoms with Crippen LogP contribution in [0.3, 0.4) is 0 Å². The Kier molecular flexibility index (Phi) is 4.04. The SMILES string of the molecule is COc1ccc(-n2ccc3cc(CO)cc(OC)c3c2=O)cc1. The number of fused-ring (bicyclic) bond motifs is 1. The Morgan fingerprint density at radius 3 is 2.39 bits per heavy atom. The number of rotatable bonds is 4. The first-order chi connectivity index (χ1) is 11.2. The number of benzene rings is 2. The summed E-state index contributed by atoms with van der Waals surface area (Å²) in [6.07, 6.45) is 1.72. The molecule has 5 nitrogen and oxygen atoms in total. The number of hydrogen-bond acceptors (Lipinski definition) is 4. The van der Waals surface area contributed by atoms with E-state index in [1.165, 1.54) is 7.11 Å². The van der Waals surface area contributed by atoms with Gasteiger partial charge in [-0.05, 0) is 53.4 Å². The van der Waals surface area contributed by atoms with Crippen LogP contribution in [0.4, 0.5) is 0 Å². The van der Waals surface area contributed by atoms with Crippen LogP contribution in [-0.4, -0.2) is 23.9 Å². The molecule has 3 rings (SSSR count). The van der Waals surface area contributed by atoms with Gasteiger partial charge >= 0.3 is 0 Å². The van der Waals surface area contributed by atoms with Gasteiger partial charge in [-0.2, -0.15) is 0 Å². The van der Waals surface area contributed by atoms with Crippen LogP contribution in [-0.2, 0) is 6.61 Å². The minimum Gasteiger partial charge on any atom is -0.497 e. The first kappa shape index (κ1) is 15.1. The van der Waals surface area contributed by atoms with E-state index in [2.05, 4.69) is 0 Å². The summed E-state index contributed by atoms with van der Waals surface area (Å²) in [7, 11) is 3.11. The maximum atomic E-state index is 12.9. The minimum absolute atomic E-state index is 0.103. The maximum absolute atomic E-state index is 12.9. The lowest BCUT2D eigenvalue weighted by atomic mass is 10.1. The van der Waals surface area contributed by atoms with Crippen molar-refractivity contribution < 1.29 is 14.6 Å². The Morgan fingerprint density at radius 2 is 1.78 bits per heavy atom. The largest absolute Gasteiger partial charge is 0.497 e. The minimum atomic E-state index is -0.172. The van der Waals surface area contributed by atoms with Crippen molar-refractivity contribution in [1.29, 1.82) is 0 Å². The number of methoxy groups -OCH3 is 2. The molecule has 0 bridgehead atoms. The zero-order valence-electron chi connectivity index (χ0n) is 12.9. The van der Waals surface area contributed by atoms with Crippen molar-refractivity contribution in [2.24, 2.45) is 0 Å². The highest BCUT2D eigenvalue weighted by Crippen LogP contribution is 2.25. The van der Waals surface area contributed by atoms with Crippen LogP contribution >= 0.6 is 0 Å². The summed E-state index contributed by atoms with van der Waals surface area (Å²) in [6.45, 7) is -0.103. The molecular formula is C18H17NO4. The van der Waals surface area contributed by atoms with Gasteiger partial charge in [-0.15, -0.1) is 0 Å². The smallest absolute Gasteiger partial charge is 0.266 e. The van der Waals surface area contributed by atoms with Gasteiger partial charge in [0.1, 0.15) is 11.5 Å².